The third kappa shape index (κ3) is 4.31. The van der Waals surface area contributed by atoms with Gasteiger partial charge in [-0.15, -0.1) is 0 Å². The molecule has 36 valence electrons. The minimum absolute atomic E-state index is 0.275. The summed E-state index contributed by atoms with van der Waals surface area (Å²) in [6.07, 6.45) is 1.83. The van der Waals surface area contributed by atoms with Crippen LogP contribution in [0.15, 0.2) is 0 Å². The molecule has 0 fully saturated rings. The predicted molar refractivity (Wildman–Crippen MR) is 29.2 cm³/mol. The molecular weight excluding hydrogens is 120 g/mol. The lowest BCUT2D eigenvalue weighted by Crippen LogP contribution is -1.85. The van der Waals surface area contributed by atoms with Crippen molar-refractivity contribution in [2.45, 2.75) is 0 Å². The molecule has 0 unspecified atom stereocenters. The van der Waals surface area contributed by atoms with Crippen molar-refractivity contribution in [2.75, 3.05) is 12.0 Å². The lowest BCUT2D eigenvalue weighted by Gasteiger charge is -1.78. The Morgan fingerprint density at radius 2 is 2.50 bits per heavy atom. The Bertz CT molecular complexity index is 54.8. The molecule has 0 rings (SSSR count). The Morgan fingerprint density at radius 1 is 2.00 bits per heavy atom. The molecule has 0 amide bonds. The Morgan fingerprint density at radius 3 is 2.50 bits per heavy atom. The summed E-state index contributed by atoms with van der Waals surface area (Å²) in [5, 5.41) is -0.275. The van der Waals surface area contributed by atoms with Gasteiger partial charge in [-0.2, -0.15) is 11.8 Å². The van der Waals surface area contributed by atoms with E-state index >= 15 is 0 Å². The van der Waals surface area contributed by atoms with E-state index in [-0.39, 0.29) is 5.24 Å². The summed E-state index contributed by atoms with van der Waals surface area (Å²) in [7, 11) is 0. The van der Waals surface area contributed by atoms with Gasteiger partial charge in [0.05, 0.1) is 5.75 Å². The minimum atomic E-state index is -0.275. The predicted octanol–water partition coefficient (Wildman–Crippen LogP) is 1.11. The lowest BCUT2D eigenvalue weighted by atomic mass is 10.9. The molecule has 0 heterocycles. The quantitative estimate of drug-likeness (QED) is 0.513. The fraction of sp³-hybridized carbons (Fsp3) is 0.667. The van der Waals surface area contributed by atoms with E-state index in [1.807, 2.05) is 6.26 Å². The summed E-state index contributed by atoms with van der Waals surface area (Å²) in [4.78, 5) is 9.79. The first-order valence-corrected chi connectivity index (χ1v) is 3.22. The number of carbonyl (C=O) groups excluding carboxylic acids is 1. The van der Waals surface area contributed by atoms with Gasteiger partial charge >= 0.3 is 0 Å². The number of thioether (sulfide) groups is 1. The first-order valence-electron chi connectivity index (χ1n) is 1.44. The van der Waals surface area contributed by atoms with Gasteiger partial charge in [0.25, 0.3) is 0 Å². The Hall–Kier alpha value is 0.310. The third-order valence-corrected chi connectivity index (χ3v) is 1.10. The first-order chi connectivity index (χ1) is 2.77. The molecule has 0 bridgehead atoms. The van der Waals surface area contributed by atoms with Crippen molar-refractivity contribution in [2.24, 2.45) is 0 Å². The largest absolute Gasteiger partial charge is 0.280 e. The van der Waals surface area contributed by atoms with Gasteiger partial charge in [0, 0.05) is 0 Å². The van der Waals surface area contributed by atoms with Gasteiger partial charge < -0.3 is 0 Å². The molecule has 1 nitrogen and oxygen atoms in total. The number of rotatable bonds is 2. The van der Waals surface area contributed by atoms with E-state index < -0.39 is 0 Å². The molecule has 0 saturated heterocycles. The van der Waals surface area contributed by atoms with Gasteiger partial charge in [-0.25, -0.2) is 0 Å². The molecule has 0 aromatic carbocycles. The summed E-state index contributed by atoms with van der Waals surface area (Å²) in [5.41, 5.74) is 0. The number of hydrogen-bond donors (Lipinski definition) is 0. The van der Waals surface area contributed by atoms with Crippen molar-refractivity contribution in [3.63, 3.8) is 0 Å². The number of hydrogen-bond acceptors (Lipinski definition) is 2. The third-order valence-electron chi connectivity index (χ3n) is 0.258. The summed E-state index contributed by atoms with van der Waals surface area (Å²) < 4.78 is 0. The highest BCUT2D eigenvalue weighted by molar-refractivity contribution is 7.99. The highest BCUT2D eigenvalue weighted by atomic mass is 35.5. The fourth-order valence-electron chi connectivity index (χ4n) is 0.113. The van der Waals surface area contributed by atoms with E-state index in [2.05, 4.69) is 0 Å². The number of carbonyl (C=O) groups is 1. The van der Waals surface area contributed by atoms with Crippen LogP contribution in [0.1, 0.15) is 0 Å². The molecule has 3 heteroatoms. The molecule has 0 aromatic heterocycles. The molecule has 0 radical (unpaired) electrons. The molecule has 0 N–H and O–H groups in total. The van der Waals surface area contributed by atoms with Crippen molar-refractivity contribution in [1.82, 2.24) is 0 Å². The summed E-state index contributed by atoms with van der Waals surface area (Å²) in [5.74, 6) is 0.418. The zero-order valence-electron chi connectivity index (χ0n) is 3.40. The summed E-state index contributed by atoms with van der Waals surface area (Å²) in [6, 6.07) is 0. The minimum Gasteiger partial charge on any atom is -0.280 e. The summed E-state index contributed by atoms with van der Waals surface area (Å²) in [6.45, 7) is 0. The van der Waals surface area contributed by atoms with Crippen LogP contribution in [0.3, 0.4) is 0 Å². The van der Waals surface area contributed by atoms with E-state index in [9.17, 15) is 4.79 Å². The molecule has 0 saturated carbocycles. The van der Waals surface area contributed by atoms with Crippen molar-refractivity contribution >= 4 is 28.6 Å². The fourth-order valence-corrected chi connectivity index (χ4v) is 0.668. The Labute approximate surface area is 46.1 Å². The lowest BCUT2D eigenvalue weighted by molar-refractivity contribution is -0.109. The second-order valence-electron chi connectivity index (χ2n) is 0.788. The normalized spacial score (nSPS) is 8.33. The molecule has 0 atom stereocenters. The maximum Gasteiger partial charge on any atom is 0.231 e. The van der Waals surface area contributed by atoms with Gasteiger partial charge in [0.2, 0.25) is 5.24 Å². The second-order valence-corrected chi connectivity index (χ2v) is 2.08. The van der Waals surface area contributed by atoms with Gasteiger partial charge in [-0.3, -0.25) is 4.79 Å². The van der Waals surface area contributed by atoms with Crippen LogP contribution in [0, 0.1) is 0 Å². The Balaban J connectivity index is 2.83. The van der Waals surface area contributed by atoms with Crippen molar-refractivity contribution in [3.05, 3.63) is 0 Å². The van der Waals surface area contributed by atoms with Crippen LogP contribution in [0.5, 0.6) is 0 Å². The monoisotopic (exact) mass is 124 g/mol. The van der Waals surface area contributed by atoms with Gasteiger partial charge in [0.1, 0.15) is 0 Å². The van der Waals surface area contributed by atoms with Crippen LogP contribution in [0.2, 0.25) is 0 Å². The van der Waals surface area contributed by atoms with Crippen LogP contribution >= 0.6 is 23.4 Å². The van der Waals surface area contributed by atoms with E-state index in [0.29, 0.717) is 5.75 Å². The molecule has 0 aliphatic heterocycles. The van der Waals surface area contributed by atoms with Gasteiger partial charge in [-0.1, -0.05) is 0 Å². The van der Waals surface area contributed by atoms with Crippen molar-refractivity contribution in [3.8, 4) is 0 Å². The van der Waals surface area contributed by atoms with Gasteiger partial charge in [0.15, 0.2) is 0 Å². The highest BCUT2D eigenvalue weighted by Crippen LogP contribution is 1.92. The molecule has 0 spiro atoms. The van der Waals surface area contributed by atoms with E-state index in [0.717, 1.165) is 0 Å². The second kappa shape index (κ2) is 3.50. The molecular formula is C3H5ClOS. The summed E-state index contributed by atoms with van der Waals surface area (Å²) >= 11 is 6.35. The molecule has 0 aromatic rings. The van der Waals surface area contributed by atoms with Crippen LogP contribution < -0.4 is 0 Å². The first kappa shape index (κ1) is 6.31. The average molecular weight is 125 g/mol. The van der Waals surface area contributed by atoms with Crippen molar-refractivity contribution in [1.29, 1.82) is 0 Å². The van der Waals surface area contributed by atoms with Crippen molar-refractivity contribution < 1.29 is 4.79 Å². The van der Waals surface area contributed by atoms with E-state index in [1.54, 1.807) is 0 Å². The van der Waals surface area contributed by atoms with Crippen LogP contribution in [0.4, 0.5) is 0 Å². The molecule has 0 aliphatic rings. The zero-order valence-corrected chi connectivity index (χ0v) is 4.97. The SMILES string of the molecule is CSCC(=O)Cl. The maximum atomic E-state index is 9.79. The Kier molecular flexibility index (Phi) is 3.68. The van der Waals surface area contributed by atoms with E-state index in [4.69, 9.17) is 11.6 Å². The standard InChI is InChI=1S/C3H5ClOS/c1-6-2-3(4)5/h2H2,1H3. The number of halogens is 1. The van der Waals surface area contributed by atoms with Crippen LogP contribution in [-0.2, 0) is 4.79 Å². The average Bonchev–Trinajstić information content (AvgIpc) is 1.35. The van der Waals surface area contributed by atoms with E-state index in [1.165, 1.54) is 11.8 Å². The van der Waals surface area contributed by atoms with Crippen LogP contribution in [-0.4, -0.2) is 17.3 Å². The molecule has 0 aliphatic carbocycles. The topological polar surface area (TPSA) is 17.1 Å². The van der Waals surface area contributed by atoms with Gasteiger partial charge in [-0.05, 0) is 17.9 Å². The maximum absolute atomic E-state index is 9.79. The zero-order chi connectivity index (χ0) is 4.99. The highest BCUT2D eigenvalue weighted by Gasteiger charge is 1.87. The van der Waals surface area contributed by atoms with Crippen LogP contribution in [0.25, 0.3) is 0 Å². The molecule has 6 heavy (non-hydrogen) atoms. The smallest absolute Gasteiger partial charge is 0.231 e.